The van der Waals surface area contributed by atoms with Crippen molar-refractivity contribution < 1.29 is 4.79 Å². The van der Waals surface area contributed by atoms with E-state index in [-0.39, 0.29) is 12.1 Å². The molecule has 0 saturated carbocycles. The molecular weight excluding hydrogens is 434 g/mol. The molecule has 0 radical (unpaired) electrons. The van der Waals surface area contributed by atoms with Gasteiger partial charge in [-0.3, -0.25) is 0 Å². The Hall–Kier alpha value is -3.41. The van der Waals surface area contributed by atoms with Crippen LogP contribution in [0.5, 0.6) is 0 Å². The summed E-state index contributed by atoms with van der Waals surface area (Å²) in [4.78, 5) is 26.9. The van der Waals surface area contributed by atoms with Gasteiger partial charge in [0.05, 0.1) is 0 Å². The van der Waals surface area contributed by atoms with Gasteiger partial charge in [-0.25, -0.2) is 14.8 Å². The Morgan fingerprint density at radius 3 is 2.37 bits per heavy atom. The standard InChI is InChI=1S/C29H37N5O/c1-6-26-25(19-24-18-21(4)12-13-22(24)5)28(32-27(31-26)23-10-8-7-9-11-23)33-14-16-34(17-15-33)29(35)30-20(2)3/h7-13,18,20H,6,14-17,19H2,1-5H3,(H,30,35). The van der Waals surface area contributed by atoms with E-state index in [1.165, 1.54) is 22.3 Å². The molecule has 0 atom stereocenters. The number of rotatable bonds is 6. The molecule has 1 fully saturated rings. The van der Waals surface area contributed by atoms with Crippen LogP contribution in [0.15, 0.2) is 48.5 Å². The molecule has 0 spiro atoms. The van der Waals surface area contributed by atoms with Gasteiger partial charge in [-0.05, 0) is 45.2 Å². The van der Waals surface area contributed by atoms with Crippen LogP contribution in [0.1, 0.15) is 48.7 Å². The number of amides is 2. The predicted molar refractivity (Wildman–Crippen MR) is 143 cm³/mol. The number of nitrogens with zero attached hydrogens (tertiary/aromatic N) is 4. The molecular formula is C29H37N5O. The van der Waals surface area contributed by atoms with Crippen LogP contribution in [-0.4, -0.2) is 53.1 Å². The van der Waals surface area contributed by atoms with Crippen LogP contribution in [0.3, 0.4) is 0 Å². The van der Waals surface area contributed by atoms with Gasteiger partial charge >= 0.3 is 6.03 Å². The Kier molecular flexibility index (Phi) is 7.69. The summed E-state index contributed by atoms with van der Waals surface area (Å²) in [5, 5.41) is 3.01. The minimum absolute atomic E-state index is 0.0113. The van der Waals surface area contributed by atoms with Gasteiger partial charge in [0.2, 0.25) is 0 Å². The van der Waals surface area contributed by atoms with Crippen molar-refractivity contribution in [3.63, 3.8) is 0 Å². The van der Waals surface area contributed by atoms with E-state index in [4.69, 9.17) is 9.97 Å². The number of hydrogen-bond donors (Lipinski definition) is 1. The monoisotopic (exact) mass is 471 g/mol. The number of nitrogens with one attached hydrogen (secondary N) is 1. The second kappa shape index (κ2) is 10.9. The zero-order chi connectivity index (χ0) is 24.9. The first-order valence-electron chi connectivity index (χ1n) is 12.7. The third kappa shape index (κ3) is 5.81. The van der Waals surface area contributed by atoms with Crippen molar-refractivity contribution in [3.8, 4) is 11.4 Å². The minimum Gasteiger partial charge on any atom is -0.353 e. The van der Waals surface area contributed by atoms with Crippen molar-refractivity contribution in [2.24, 2.45) is 0 Å². The van der Waals surface area contributed by atoms with E-state index in [2.05, 4.69) is 61.3 Å². The zero-order valence-corrected chi connectivity index (χ0v) is 21.6. The largest absolute Gasteiger partial charge is 0.353 e. The lowest BCUT2D eigenvalue weighted by molar-refractivity contribution is 0.191. The van der Waals surface area contributed by atoms with E-state index in [9.17, 15) is 4.79 Å². The number of carbonyl (C=O) groups is 1. The fourth-order valence-electron chi connectivity index (χ4n) is 4.61. The quantitative estimate of drug-likeness (QED) is 0.540. The average Bonchev–Trinajstić information content (AvgIpc) is 2.86. The van der Waals surface area contributed by atoms with E-state index in [1.807, 2.05) is 36.9 Å². The molecule has 184 valence electrons. The number of hydrogen-bond acceptors (Lipinski definition) is 4. The number of aryl methyl sites for hydroxylation is 3. The molecule has 6 nitrogen and oxygen atoms in total. The Balaban J connectivity index is 1.72. The molecule has 4 rings (SSSR count). The molecule has 2 amide bonds. The molecule has 0 aliphatic carbocycles. The fourth-order valence-corrected chi connectivity index (χ4v) is 4.61. The van der Waals surface area contributed by atoms with Crippen LogP contribution < -0.4 is 10.2 Å². The number of carbonyl (C=O) groups excluding carboxylic acids is 1. The summed E-state index contributed by atoms with van der Waals surface area (Å²) in [6.45, 7) is 13.3. The number of aromatic nitrogens is 2. The van der Waals surface area contributed by atoms with Crippen molar-refractivity contribution in [1.29, 1.82) is 0 Å². The lowest BCUT2D eigenvalue weighted by Crippen LogP contribution is -2.53. The molecule has 1 aliphatic heterocycles. The highest BCUT2D eigenvalue weighted by Crippen LogP contribution is 2.30. The summed E-state index contributed by atoms with van der Waals surface area (Å²) in [5.74, 6) is 1.77. The van der Waals surface area contributed by atoms with Gasteiger partial charge in [-0.1, -0.05) is 61.0 Å². The summed E-state index contributed by atoms with van der Waals surface area (Å²) in [6, 6.07) is 17.0. The summed E-state index contributed by atoms with van der Waals surface area (Å²) in [6.07, 6.45) is 1.64. The highest BCUT2D eigenvalue weighted by atomic mass is 16.2. The molecule has 6 heteroatoms. The van der Waals surface area contributed by atoms with Crippen LogP contribution in [0.25, 0.3) is 11.4 Å². The van der Waals surface area contributed by atoms with Gasteiger partial charge in [0.15, 0.2) is 5.82 Å². The van der Waals surface area contributed by atoms with E-state index in [0.717, 1.165) is 48.8 Å². The van der Waals surface area contributed by atoms with Gasteiger partial charge in [0.25, 0.3) is 0 Å². The maximum atomic E-state index is 12.5. The van der Waals surface area contributed by atoms with E-state index >= 15 is 0 Å². The number of urea groups is 1. The SMILES string of the molecule is CCc1nc(-c2ccccc2)nc(N2CCN(C(=O)NC(C)C)CC2)c1Cc1cc(C)ccc1C. The normalized spacial score (nSPS) is 13.9. The van der Waals surface area contributed by atoms with E-state index in [0.29, 0.717) is 13.1 Å². The van der Waals surface area contributed by atoms with Crippen LogP contribution in [-0.2, 0) is 12.8 Å². The summed E-state index contributed by atoms with van der Waals surface area (Å²) in [7, 11) is 0. The molecule has 2 heterocycles. The molecule has 1 N–H and O–H groups in total. The summed E-state index contributed by atoms with van der Waals surface area (Å²) in [5.41, 5.74) is 7.17. The van der Waals surface area contributed by atoms with Crippen LogP contribution in [0.4, 0.5) is 10.6 Å². The van der Waals surface area contributed by atoms with E-state index in [1.54, 1.807) is 0 Å². The first-order chi connectivity index (χ1) is 16.9. The molecule has 0 unspecified atom stereocenters. The van der Waals surface area contributed by atoms with Gasteiger partial charge in [0, 0.05) is 55.5 Å². The van der Waals surface area contributed by atoms with Crippen molar-refractivity contribution in [3.05, 3.63) is 76.5 Å². The van der Waals surface area contributed by atoms with Gasteiger partial charge in [-0.2, -0.15) is 0 Å². The lowest BCUT2D eigenvalue weighted by Gasteiger charge is -2.37. The molecule has 0 bridgehead atoms. The smallest absolute Gasteiger partial charge is 0.317 e. The second-order valence-electron chi connectivity index (χ2n) is 9.70. The van der Waals surface area contributed by atoms with Crippen molar-refractivity contribution >= 4 is 11.8 Å². The molecule has 35 heavy (non-hydrogen) atoms. The van der Waals surface area contributed by atoms with Gasteiger partial charge in [-0.15, -0.1) is 0 Å². The predicted octanol–water partition coefficient (Wildman–Crippen LogP) is 5.15. The van der Waals surface area contributed by atoms with Gasteiger partial charge in [0.1, 0.15) is 5.82 Å². The second-order valence-corrected chi connectivity index (χ2v) is 9.70. The first kappa shape index (κ1) is 24.7. The topological polar surface area (TPSA) is 61.4 Å². The van der Waals surface area contributed by atoms with Crippen molar-refractivity contribution in [1.82, 2.24) is 20.2 Å². The average molecular weight is 472 g/mol. The molecule has 1 aliphatic rings. The maximum Gasteiger partial charge on any atom is 0.317 e. The Morgan fingerprint density at radius 1 is 1.00 bits per heavy atom. The Labute approximate surface area is 209 Å². The Morgan fingerprint density at radius 2 is 1.71 bits per heavy atom. The summed E-state index contributed by atoms with van der Waals surface area (Å²) < 4.78 is 0. The third-order valence-electron chi connectivity index (χ3n) is 6.59. The number of benzene rings is 2. The van der Waals surface area contributed by atoms with Gasteiger partial charge < -0.3 is 15.1 Å². The van der Waals surface area contributed by atoms with E-state index < -0.39 is 0 Å². The summed E-state index contributed by atoms with van der Waals surface area (Å²) >= 11 is 0. The molecule has 1 saturated heterocycles. The Bertz CT molecular complexity index is 1170. The minimum atomic E-state index is 0.0113. The number of piperazine rings is 1. The van der Waals surface area contributed by atoms with Crippen LogP contribution >= 0.6 is 0 Å². The highest BCUT2D eigenvalue weighted by molar-refractivity contribution is 5.75. The van der Waals surface area contributed by atoms with Crippen molar-refractivity contribution in [2.75, 3.05) is 31.1 Å². The maximum absolute atomic E-state index is 12.5. The van der Waals surface area contributed by atoms with Crippen LogP contribution in [0.2, 0.25) is 0 Å². The molecule has 1 aromatic heterocycles. The zero-order valence-electron chi connectivity index (χ0n) is 21.6. The third-order valence-corrected chi connectivity index (χ3v) is 6.59. The molecule has 3 aromatic rings. The van der Waals surface area contributed by atoms with Crippen LogP contribution in [0, 0.1) is 13.8 Å². The lowest BCUT2D eigenvalue weighted by atomic mass is 9.96. The first-order valence-corrected chi connectivity index (χ1v) is 12.7. The highest BCUT2D eigenvalue weighted by Gasteiger charge is 2.26. The van der Waals surface area contributed by atoms with Crippen molar-refractivity contribution in [2.45, 2.75) is 53.5 Å². The fraction of sp³-hybridized carbons (Fsp3) is 0.414. The molecule has 2 aromatic carbocycles. The number of anilines is 1.